The second-order valence-corrected chi connectivity index (χ2v) is 6.61. The van der Waals surface area contributed by atoms with Crippen molar-refractivity contribution in [2.24, 2.45) is 15.9 Å². The molecule has 0 unspecified atom stereocenters. The number of para-hydroxylation sites is 1. The molecule has 0 aliphatic carbocycles. The van der Waals surface area contributed by atoms with Crippen LogP contribution in [0, 0.1) is 5.92 Å². The lowest BCUT2D eigenvalue weighted by Crippen LogP contribution is -2.07. The molecule has 0 saturated heterocycles. The lowest BCUT2D eigenvalue weighted by Gasteiger charge is -2.08. The zero-order valence-electron chi connectivity index (χ0n) is 14.7. The Hall–Kier alpha value is -2.39. The molecule has 3 nitrogen and oxygen atoms in total. The highest BCUT2D eigenvalue weighted by atomic mass is 35.5. The third-order valence-corrected chi connectivity index (χ3v) is 4.62. The van der Waals surface area contributed by atoms with Gasteiger partial charge >= 0.3 is 0 Å². The van der Waals surface area contributed by atoms with E-state index in [1.165, 1.54) is 0 Å². The SMILES string of the molecule is C=C(C)N=C(N=C(Cl)[C@H](C)CC)c1ccc2c(c1)oc1ccccc12. The van der Waals surface area contributed by atoms with Gasteiger partial charge in [0.15, 0.2) is 5.84 Å². The van der Waals surface area contributed by atoms with Gasteiger partial charge in [-0.2, -0.15) is 0 Å². The number of fused-ring (bicyclic) bond motifs is 3. The van der Waals surface area contributed by atoms with Crippen molar-refractivity contribution in [2.75, 3.05) is 0 Å². The number of hydrogen-bond acceptors (Lipinski definition) is 2. The van der Waals surface area contributed by atoms with Crippen LogP contribution in [0.2, 0.25) is 0 Å². The minimum absolute atomic E-state index is 0.187. The molecule has 0 bridgehead atoms. The van der Waals surface area contributed by atoms with Crippen molar-refractivity contribution in [1.82, 2.24) is 0 Å². The Labute approximate surface area is 152 Å². The predicted octanol–water partition coefficient (Wildman–Crippen LogP) is 6.55. The zero-order valence-corrected chi connectivity index (χ0v) is 15.5. The van der Waals surface area contributed by atoms with Gasteiger partial charge in [-0.05, 0) is 31.5 Å². The highest BCUT2D eigenvalue weighted by Gasteiger charge is 2.12. The molecular formula is C21H21ClN2O. The fourth-order valence-electron chi connectivity index (χ4n) is 2.58. The van der Waals surface area contributed by atoms with Crippen LogP contribution >= 0.6 is 11.6 Å². The number of allylic oxidation sites excluding steroid dienone is 1. The van der Waals surface area contributed by atoms with Crippen LogP contribution in [-0.4, -0.2) is 11.0 Å². The van der Waals surface area contributed by atoms with Gasteiger partial charge in [-0.3, -0.25) is 0 Å². The van der Waals surface area contributed by atoms with Crippen LogP contribution < -0.4 is 0 Å². The Morgan fingerprint density at radius 3 is 2.56 bits per heavy atom. The first kappa shape index (κ1) is 17.4. The van der Waals surface area contributed by atoms with Gasteiger partial charge in [0, 0.05) is 28.0 Å². The molecule has 0 spiro atoms. The molecule has 1 atom stereocenters. The molecular weight excluding hydrogens is 332 g/mol. The summed E-state index contributed by atoms with van der Waals surface area (Å²) in [6.45, 7) is 9.84. The summed E-state index contributed by atoms with van der Waals surface area (Å²) in [5.41, 5.74) is 3.21. The van der Waals surface area contributed by atoms with Crippen molar-refractivity contribution in [3.63, 3.8) is 0 Å². The first-order valence-corrected chi connectivity index (χ1v) is 8.77. The van der Waals surface area contributed by atoms with Crippen molar-refractivity contribution in [1.29, 1.82) is 0 Å². The number of halogens is 1. The average Bonchev–Trinajstić information content (AvgIpc) is 2.97. The van der Waals surface area contributed by atoms with E-state index < -0.39 is 0 Å². The molecule has 0 aliphatic rings. The van der Waals surface area contributed by atoms with Crippen LogP contribution in [0.3, 0.4) is 0 Å². The first-order valence-electron chi connectivity index (χ1n) is 8.39. The van der Waals surface area contributed by atoms with Gasteiger partial charge in [0.25, 0.3) is 0 Å². The lowest BCUT2D eigenvalue weighted by atomic mass is 10.1. The van der Waals surface area contributed by atoms with Gasteiger partial charge in [0.2, 0.25) is 0 Å². The van der Waals surface area contributed by atoms with E-state index in [1.807, 2.05) is 50.2 Å². The number of benzene rings is 2. The highest BCUT2D eigenvalue weighted by molar-refractivity contribution is 6.66. The maximum atomic E-state index is 6.36. The third-order valence-electron chi connectivity index (χ3n) is 4.17. The number of aliphatic imine (C=N–C) groups is 2. The number of hydrogen-bond donors (Lipinski definition) is 0. The number of rotatable bonds is 4. The van der Waals surface area contributed by atoms with Gasteiger partial charge in [0.05, 0.1) is 0 Å². The van der Waals surface area contributed by atoms with Crippen LogP contribution in [0.1, 0.15) is 32.8 Å². The molecule has 25 heavy (non-hydrogen) atoms. The van der Waals surface area contributed by atoms with Crippen molar-refractivity contribution in [3.05, 3.63) is 60.3 Å². The Bertz CT molecular complexity index is 997. The van der Waals surface area contributed by atoms with Crippen LogP contribution in [0.25, 0.3) is 21.9 Å². The van der Waals surface area contributed by atoms with Crippen LogP contribution in [0.15, 0.2) is 69.1 Å². The Balaban J connectivity index is 2.12. The second kappa shape index (κ2) is 7.24. The summed E-state index contributed by atoms with van der Waals surface area (Å²) in [6.07, 6.45) is 0.922. The third kappa shape index (κ3) is 3.67. The smallest absolute Gasteiger partial charge is 0.160 e. The van der Waals surface area contributed by atoms with E-state index >= 15 is 0 Å². The van der Waals surface area contributed by atoms with Crippen LogP contribution in [-0.2, 0) is 0 Å². The summed E-state index contributed by atoms with van der Waals surface area (Å²) >= 11 is 6.36. The monoisotopic (exact) mass is 352 g/mol. The van der Waals surface area contributed by atoms with Crippen LogP contribution in [0.5, 0.6) is 0 Å². The van der Waals surface area contributed by atoms with Gasteiger partial charge in [-0.15, -0.1) is 0 Å². The summed E-state index contributed by atoms with van der Waals surface area (Å²) < 4.78 is 5.96. The second-order valence-electron chi connectivity index (χ2n) is 6.22. The number of nitrogens with zero attached hydrogens (tertiary/aromatic N) is 2. The average molecular weight is 353 g/mol. The van der Waals surface area contributed by atoms with Crippen LogP contribution in [0.4, 0.5) is 0 Å². The van der Waals surface area contributed by atoms with Crippen molar-refractivity contribution >= 4 is 44.5 Å². The molecule has 1 heterocycles. The summed E-state index contributed by atoms with van der Waals surface area (Å²) in [5, 5.41) is 2.72. The fourth-order valence-corrected chi connectivity index (χ4v) is 2.81. The van der Waals surface area contributed by atoms with Crippen molar-refractivity contribution in [3.8, 4) is 0 Å². The summed E-state index contributed by atoms with van der Waals surface area (Å²) in [4.78, 5) is 9.02. The maximum Gasteiger partial charge on any atom is 0.160 e. The largest absolute Gasteiger partial charge is 0.456 e. The van der Waals surface area contributed by atoms with E-state index in [4.69, 9.17) is 16.0 Å². The Morgan fingerprint density at radius 1 is 1.12 bits per heavy atom. The Morgan fingerprint density at radius 2 is 1.84 bits per heavy atom. The minimum atomic E-state index is 0.187. The van der Waals surface area contributed by atoms with E-state index in [0.29, 0.717) is 16.7 Å². The number of amidine groups is 1. The van der Waals surface area contributed by atoms with E-state index in [9.17, 15) is 0 Å². The zero-order chi connectivity index (χ0) is 18.0. The lowest BCUT2D eigenvalue weighted by molar-refractivity contribution is 0.669. The predicted molar refractivity (Wildman–Crippen MR) is 108 cm³/mol. The maximum absolute atomic E-state index is 6.36. The Kier molecular flexibility index (Phi) is 5.05. The molecule has 0 aliphatic heterocycles. The fraction of sp³-hybridized carbons (Fsp3) is 0.238. The number of furan rings is 1. The van der Waals surface area contributed by atoms with Gasteiger partial charge < -0.3 is 4.42 Å². The van der Waals surface area contributed by atoms with Gasteiger partial charge in [0.1, 0.15) is 16.3 Å². The van der Waals surface area contributed by atoms with E-state index in [0.717, 1.165) is 33.9 Å². The standard InChI is InChI=1S/C21H21ClN2O/c1-5-14(4)20(22)24-21(23-13(2)3)15-10-11-17-16-8-6-7-9-18(16)25-19(17)12-15/h6-12,14H,2,5H2,1,3-4H3/t14-/m1/s1. The topological polar surface area (TPSA) is 37.9 Å². The van der Waals surface area contributed by atoms with Crippen molar-refractivity contribution < 1.29 is 4.42 Å². The van der Waals surface area contributed by atoms with Crippen molar-refractivity contribution in [2.45, 2.75) is 27.2 Å². The molecule has 3 aromatic rings. The minimum Gasteiger partial charge on any atom is -0.456 e. The summed E-state index contributed by atoms with van der Waals surface area (Å²) in [7, 11) is 0. The van der Waals surface area contributed by atoms with E-state index in [2.05, 4.69) is 29.6 Å². The summed E-state index contributed by atoms with van der Waals surface area (Å²) in [6, 6.07) is 14.0. The molecule has 128 valence electrons. The molecule has 2 aromatic carbocycles. The highest BCUT2D eigenvalue weighted by Crippen LogP contribution is 2.29. The molecule has 0 fully saturated rings. The quantitative estimate of drug-likeness (QED) is 0.387. The van der Waals surface area contributed by atoms with Gasteiger partial charge in [-0.1, -0.05) is 56.3 Å². The molecule has 1 aromatic heterocycles. The first-order chi connectivity index (χ1) is 12.0. The molecule has 4 heteroatoms. The van der Waals surface area contributed by atoms with Gasteiger partial charge in [-0.25, -0.2) is 9.98 Å². The normalized spacial score (nSPS) is 14.2. The molecule has 0 N–H and O–H groups in total. The molecule has 3 rings (SSSR count). The van der Waals surface area contributed by atoms with E-state index in [-0.39, 0.29) is 5.92 Å². The summed E-state index contributed by atoms with van der Waals surface area (Å²) in [5.74, 6) is 0.743. The molecule has 0 saturated carbocycles. The molecule has 0 radical (unpaired) electrons. The molecule has 0 amide bonds. The van der Waals surface area contributed by atoms with E-state index in [1.54, 1.807) is 0 Å².